The number of H-pyrrole nitrogens is 1. The smallest absolute Gasteiger partial charge is 0.270 e. The molecule has 0 atom stereocenters. The quantitative estimate of drug-likeness (QED) is 0.540. The van der Waals surface area contributed by atoms with Gasteiger partial charge >= 0.3 is 0 Å². The minimum absolute atomic E-state index is 0.122. The van der Waals surface area contributed by atoms with Gasteiger partial charge < -0.3 is 15.1 Å². The van der Waals surface area contributed by atoms with Crippen LogP contribution in [0, 0.1) is 13.8 Å². The summed E-state index contributed by atoms with van der Waals surface area (Å²) in [6.45, 7) is 8.36. The molecule has 0 radical (unpaired) electrons. The lowest BCUT2D eigenvalue weighted by atomic mass is 9.95. The van der Waals surface area contributed by atoms with Gasteiger partial charge in [-0.2, -0.15) is 0 Å². The number of rotatable bonds is 4. The SMILES string of the molecule is Cc1cc(-c2[nH]c3ccc(-c4nc(C(N)=O)co4)cc3c2C(C)C)cc(C)n1. The third-order valence-electron chi connectivity index (χ3n) is 4.79. The van der Waals surface area contributed by atoms with Gasteiger partial charge in [-0.1, -0.05) is 13.8 Å². The van der Waals surface area contributed by atoms with Gasteiger partial charge in [-0.3, -0.25) is 9.78 Å². The first kappa shape index (κ1) is 18.0. The number of aryl methyl sites for hydroxylation is 2. The fourth-order valence-corrected chi connectivity index (χ4v) is 3.67. The lowest BCUT2D eigenvalue weighted by Gasteiger charge is -2.10. The molecule has 0 aliphatic rings. The number of carbonyl (C=O) groups excluding carboxylic acids is 1. The van der Waals surface area contributed by atoms with Gasteiger partial charge in [0.25, 0.3) is 5.91 Å². The number of pyridine rings is 1. The largest absolute Gasteiger partial charge is 0.444 e. The van der Waals surface area contributed by atoms with Crippen molar-refractivity contribution in [1.29, 1.82) is 0 Å². The van der Waals surface area contributed by atoms with Crippen LogP contribution in [0.2, 0.25) is 0 Å². The number of nitrogens with zero attached hydrogens (tertiary/aromatic N) is 2. The van der Waals surface area contributed by atoms with E-state index < -0.39 is 5.91 Å². The Bertz CT molecular complexity index is 1180. The summed E-state index contributed by atoms with van der Waals surface area (Å²) in [6, 6.07) is 10.2. The monoisotopic (exact) mass is 374 g/mol. The van der Waals surface area contributed by atoms with Gasteiger partial charge in [0.1, 0.15) is 6.26 Å². The normalized spacial score (nSPS) is 11.5. The topological polar surface area (TPSA) is 97.8 Å². The van der Waals surface area contributed by atoms with Gasteiger partial charge in [0.05, 0.1) is 5.69 Å². The summed E-state index contributed by atoms with van der Waals surface area (Å²) in [5, 5.41) is 1.11. The zero-order chi connectivity index (χ0) is 20.0. The maximum atomic E-state index is 11.3. The number of nitrogens with one attached hydrogen (secondary N) is 1. The molecule has 28 heavy (non-hydrogen) atoms. The summed E-state index contributed by atoms with van der Waals surface area (Å²) in [4.78, 5) is 23.5. The predicted molar refractivity (Wildman–Crippen MR) is 109 cm³/mol. The molecule has 4 aromatic rings. The highest BCUT2D eigenvalue weighted by Crippen LogP contribution is 2.37. The van der Waals surface area contributed by atoms with E-state index in [0.29, 0.717) is 11.8 Å². The molecule has 6 nitrogen and oxygen atoms in total. The van der Waals surface area contributed by atoms with Crippen molar-refractivity contribution in [2.24, 2.45) is 5.73 Å². The van der Waals surface area contributed by atoms with Gasteiger partial charge in [-0.25, -0.2) is 4.98 Å². The van der Waals surface area contributed by atoms with Crippen LogP contribution in [0.25, 0.3) is 33.6 Å². The van der Waals surface area contributed by atoms with Crippen LogP contribution in [-0.4, -0.2) is 20.9 Å². The molecule has 0 aliphatic heterocycles. The van der Waals surface area contributed by atoms with Crippen molar-refractivity contribution in [2.45, 2.75) is 33.6 Å². The van der Waals surface area contributed by atoms with E-state index in [2.05, 4.69) is 40.9 Å². The number of amides is 1. The third kappa shape index (κ3) is 3.07. The molecular formula is C22H22N4O2. The fourth-order valence-electron chi connectivity index (χ4n) is 3.67. The van der Waals surface area contributed by atoms with Crippen LogP contribution in [0.15, 0.2) is 41.0 Å². The zero-order valence-electron chi connectivity index (χ0n) is 16.3. The van der Waals surface area contributed by atoms with Crippen molar-refractivity contribution in [3.05, 3.63) is 59.2 Å². The van der Waals surface area contributed by atoms with Crippen molar-refractivity contribution in [2.75, 3.05) is 0 Å². The second-order valence-electron chi connectivity index (χ2n) is 7.37. The van der Waals surface area contributed by atoms with Crippen molar-refractivity contribution < 1.29 is 9.21 Å². The second kappa shape index (κ2) is 6.64. The number of nitrogens with two attached hydrogens (primary N) is 1. The van der Waals surface area contributed by atoms with E-state index in [1.807, 2.05) is 32.0 Å². The fraction of sp³-hybridized carbons (Fsp3) is 0.227. The number of oxazole rings is 1. The number of aromatic amines is 1. The van der Waals surface area contributed by atoms with Crippen molar-refractivity contribution in [3.63, 3.8) is 0 Å². The Morgan fingerprint density at radius 1 is 1.07 bits per heavy atom. The van der Waals surface area contributed by atoms with E-state index in [9.17, 15) is 4.79 Å². The summed E-state index contributed by atoms with van der Waals surface area (Å²) in [6.07, 6.45) is 1.29. The number of fused-ring (bicyclic) bond motifs is 1. The molecule has 0 saturated heterocycles. The minimum atomic E-state index is -0.605. The predicted octanol–water partition coefficient (Wildman–Crippen LogP) is 4.72. The highest BCUT2D eigenvalue weighted by Gasteiger charge is 2.18. The molecule has 3 heterocycles. The molecule has 1 amide bonds. The second-order valence-corrected chi connectivity index (χ2v) is 7.37. The third-order valence-corrected chi connectivity index (χ3v) is 4.79. The lowest BCUT2D eigenvalue weighted by Crippen LogP contribution is -2.10. The summed E-state index contributed by atoms with van der Waals surface area (Å²) >= 11 is 0. The number of primary amides is 1. The Hall–Kier alpha value is -3.41. The standard InChI is InChI=1S/C22H22N4O2/c1-11(2)19-16-9-14(22-26-18(10-28-22)21(23)27)5-6-17(16)25-20(19)15-7-12(3)24-13(4)8-15/h5-11,25H,1-4H3,(H2,23,27). The maximum Gasteiger partial charge on any atom is 0.270 e. The number of hydrogen-bond acceptors (Lipinski definition) is 4. The molecule has 3 aromatic heterocycles. The van der Waals surface area contributed by atoms with Crippen LogP contribution in [0.3, 0.4) is 0 Å². The highest BCUT2D eigenvalue weighted by molar-refractivity contribution is 5.94. The van der Waals surface area contributed by atoms with E-state index >= 15 is 0 Å². The Labute approximate surface area is 162 Å². The average Bonchev–Trinajstić information content (AvgIpc) is 3.25. The summed E-state index contributed by atoms with van der Waals surface area (Å²) in [5.74, 6) is 0.0774. The van der Waals surface area contributed by atoms with Crippen molar-refractivity contribution in [1.82, 2.24) is 15.0 Å². The van der Waals surface area contributed by atoms with E-state index in [1.54, 1.807) is 0 Å². The molecule has 0 saturated carbocycles. The van der Waals surface area contributed by atoms with Crippen molar-refractivity contribution in [3.8, 4) is 22.7 Å². The minimum Gasteiger partial charge on any atom is -0.444 e. The molecular weight excluding hydrogens is 352 g/mol. The maximum absolute atomic E-state index is 11.3. The summed E-state index contributed by atoms with van der Waals surface area (Å²) in [5.41, 5.74) is 12.7. The summed E-state index contributed by atoms with van der Waals surface area (Å²) < 4.78 is 5.45. The molecule has 0 fully saturated rings. The zero-order valence-corrected chi connectivity index (χ0v) is 16.3. The number of benzene rings is 1. The lowest BCUT2D eigenvalue weighted by molar-refractivity contribution is 0.0995. The van der Waals surface area contributed by atoms with Gasteiger partial charge in [-0.05, 0) is 55.7 Å². The first-order valence-corrected chi connectivity index (χ1v) is 9.20. The molecule has 0 spiro atoms. The van der Waals surface area contributed by atoms with E-state index in [-0.39, 0.29) is 5.69 Å². The molecule has 3 N–H and O–H groups in total. The molecule has 0 unspecified atom stereocenters. The Balaban J connectivity index is 1.91. The number of aromatic nitrogens is 3. The molecule has 142 valence electrons. The van der Waals surface area contributed by atoms with Crippen LogP contribution >= 0.6 is 0 Å². The van der Waals surface area contributed by atoms with E-state index in [1.165, 1.54) is 11.8 Å². The molecule has 1 aromatic carbocycles. The van der Waals surface area contributed by atoms with Crippen LogP contribution in [0.4, 0.5) is 0 Å². The van der Waals surface area contributed by atoms with Crippen LogP contribution in [-0.2, 0) is 0 Å². The van der Waals surface area contributed by atoms with Crippen LogP contribution < -0.4 is 5.73 Å². The van der Waals surface area contributed by atoms with Gasteiger partial charge in [-0.15, -0.1) is 0 Å². The first-order valence-electron chi connectivity index (χ1n) is 9.20. The van der Waals surface area contributed by atoms with Gasteiger partial charge in [0.15, 0.2) is 5.69 Å². The van der Waals surface area contributed by atoms with E-state index in [4.69, 9.17) is 10.2 Å². The van der Waals surface area contributed by atoms with Crippen molar-refractivity contribution >= 4 is 16.8 Å². The Morgan fingerprint density at radius 2 is 1.79 bits per heavy atom. The molecule has 6 heteroatoms. The number of hydrogen-bond donors (Lipinski definition) is 2. The Morgan fingerprint density at radius 3 is 2.39 bits per heavy atom. The average molecular weight is 374 g/mol. The molecule has 4 rings (SSSR count). The van der Waals surface area contributed by atoms with E-state index in [0.717, 1.165) is 39.1 Å². The molecule has 0 bridgehead atoms. The Kier molecular flexibility index (Phi) is 4.26. The highest BCUT2D eigenvalue weighted by atomic mass is 16.3. The molecule has 0 aliphatic carbocycles. The van der Waals surface area contributed by atoms with Gasteiger partial charge in [0.2, 0.25) is 5.89 Å². The van der Waals surface area contributed by atoms with Crippen LogP contribution in [0.5, 0.6) is 0 Å². The summed E-state index contributed by atoms with van der Waals surface area (Å²) in [7, 11) is 0. The first-order chi connectivity index (χ1) is 13.3. The van der Waals surface area contributed by atoms with Gasteiger partial charge in [0, 0.05) is 33.4 Å². The number of carbonyl (C=O) groups is 1. The van der Waals surface area contributed by atoms with Crippen LogP contribution in [0.1, 0.15) is 47.2 Å².